The van der Waals surface area contributed by atoms with E-state index in [1.807, 2.05) is 18.0 Å². The average molecular weight is 356 g/mol. The number of hydrogen-bond donors (Lipinski definition) is 0. The maximum absolute atomic E-state index is 12.6. The number of fused-ring (bicyclic) bond motifs is 1. The summed E-state index contributed by atoms with van der Waals surface area (Å²) in [5.41, 5.74) is 4.09. The Morgan fingerprint density at radius 3 is 3.08 bits per heavy atom. The van der Waals surface area contributed by atoms with Gasteiger partial charge in [0, 0.05) is 43.6 Å². The number of aromatic nitrogens is 3. The molecule has 0 aromatic carbocycles. The van der Waals surface area contributed by atoms with E-state index < -0.39 is 0 Å². The molecule has 2 aromatic rings. The number of pyridine rings is 1. The fraction of sp³-hybridized carbons (Fsp3) is 0.579. The minimum atomic E-state index is -0.275. The van der Waals surface area contributed by atoms with Gasteiger partial charge in [-0.3, -0.25) is 9.78 Å². The van der Waals surface area contributed by atoms with Gasteiger partial charge in [-0.2, -0.15) is 4.98 Å². The number of hydrogen-bond acceptors (Lipinski definition) is 6. The lowest BCUT2D eigenvalue weighted by atomic mass is 9.94. The molecule has 1 saturated heterocycles. The van der Waals surface area contributed by atoms with Crippen LogP contribution in [0.4, 0.5) is 0 Å². The maximum atomic E-state index is 12.6. The first-order chi connectivity index (χ1) is 12.7. The monoisotopic (exact) mass is 356 g/mol. The molecule has 0 unspecified atom stereocenters. The van der Waals surface area contributed by atoms with Crippen molar-refractivity contribution in [2.45, 2.75) is 58.6 Å². The summed E-state index contributed by atoms with van der Waals surface area (Å²) in [6.45, 7) is 5.98. The lowest BCUT2D eigenvalue weighted by Gasteiger charge is -2.31. The lowest BCUT2D eigenvalue weighted by molar-refractivity contribution is -0.141. The first-order valence-corrected chi connectivity index (χ1v) is 9.38. The summed E-state index contributed by atoms with van der Waals surface area (Å²) in [6, 6.07) is 0. The van der Waals surface area contributed by atoms with E-state index in [2.05, 4.69) is 22.0 Å². The minimum Gasteiger partial charge on any atom is -0.368 e. The van der Waals surface area contributed by atoms with E-state index in [9.17, 15) is 4.79 Å². The third-order valence-electron chi connectivity index (χ3n) is 5.13. The molecule has 0 N–H and O–H groups in total. The normalized spacial score (nSPS) is 19.6. The van der Waals surface area contributed by atoms with Gasteiger partial charge in [-0.25, -0.2) is 0 Å². The first kappa shape index (κ1) is 17.1. The van der Waals surface area contributed by atoms with Gasteiger partial charge in [0.05, 0.1) is 0 Å². The Morgan fingerprint density at radius 2 is 2.31 bits per heavy atom. The van der Waals surface area contributed by atoms with Crippen LogP contribution in [0.5, 0.6) is 0 Å². The third kappa shape index (κ3) is 3.11. The van der Waals surface area contributed by atoms with Crippen molar-refractivity contribution >= 4 is 5.91 Å². The molecule has 26 heavy (non-hydrogen) atoms. The average Bonchev–Trinajstić information content (AvgIpc) is 3.33. The summed E-state index contributed by atoms with van der Waals surface area (Å²) in [5, 5.41) is 4.16. The molecular formula is C19H24N4O3. The molecule has 7 nitrogen and oxygen atoms in total. The Balaban J connectivity index is 1.61. The van der Waals surface area contributed by atoms with Gasteiger partial charge in [-0.15, -0.1) is 0 Å². The predicted molar refractivity (Wildman–Crippen MR) is 94.4 cm³/mol. The molecule has 4 rings (SSSR count). The second kappa shape index (κ2) is 7.15. The Hall–Kier alpha value is -2.28. The first-order valence-electron chi connectivity index (χ1n) is 9.38. The summed E-state index contributed by atoms with van der Waals surface area (Å²) in [6.07, 6.45) is 5.89. The zero-order valence-electron chi connectivity index (χ0n) is 15.3. The van der Waals surface area contributed by atoms with Crippen LogP contribution < -0.4 is 0 Å². The Labute approximate surface area is 152 Å². The van der Waals surface area contributed by atoms with Gasteiger partial charge in [-0.1, -0.05) is 12.1 Å². The summed E-state index contributed by atoms with van der Waals surface area (Å²) in [5.74, 6) is 1.36. The van der Waals surface area contributed by atoms with Crippen LogP contribution in [0.1, 0.15) is 48.9 Å². The van der Waals surface area contributed by atoms with Crippen molar-refractivity contribution in [3.63, 3.8) is 0 Å². The van der Waals surface area contributed by atoms with Gasteiger partial charge in [0.2, 0.25) is 11.7 Å². The van der Waals surface area contributed by atoms with Crippen LogP contribution in [0.2, 0.25) is 0 Å². The number of carbonyl (C=O) groups is 1. The van der Waals surface area contributed by atoms with Crippen LogP contribution in [0.25, 0.3) is 11.4 Å². The lowest BCUT2D eigenvalue weighted by Crippen LogP contribution is -2.42. The number of rotatable bonds is 4. The number of aryl methyl sites for hydroxylation is 2. The van der Waals surface area contributed by atoms with E-state index in [-0.39, 0.29) is 12.0 Å². The molecule has 0 aliphatic carbocycles. The molecule has 2 aromatic heterocycles. The molecule has 1 amide bonds. The van der Waals surface area contributed by atoms with Crippen LogP contribution in [-0.4, -0.2) is 45.2 Å². The van der Waals surface area contributed by atoms with Gasteiger partial charge in [0.25, 0.3) is 5.91 Å². The van der Waals surface area contributed by atoms with Gasteiger partial charge < -0.3 is 14.2 Å². The quantitative estimate of drug-likeness (QED) is 0.837. The van der Waals surface area contributed by atoms with E-state index in [0.29, 0.717) is 31.4 Å². The standard InChI is InChI=1S/C19H24N4O3/c1-3-5-16-21-18(22-26-16)17-12(2)20-10-13-11-23(8-7-14(13)17)19(24)15-6-4-9-25-15/h10,15H,3-9,11H2,1-2H3/t15-/m0/s1. The summed E-state index contributed by atoms with van der Waals surface area (Å²) in [7, 11) is 0. The van der Waals surface area contributed by atoms with E-state index in [4.69, 9.17) is 9.26 Å². The highest BCUT2D eigenvalue weighted by Crippen LogP contribution is 2.31. The zero-order chi connectivity index (χ0) is 18.1. The highest BCUT2D eigenvalue weighted by Gasteiger charge is 2.32. The van der Waals surface area contributed by atoms with Crippen molar-refractivity contribution in [3.05, 3.63) is 28.9 Å². The largest absolute Gasteiger partial charge is 0.368 e. The van der Waals surface area contributed by atoms with Gasteiger partial charge in [0.15, 0.2) is 0 Å². The van der Waals surface area contributed by atoms with E-state index >= 15 is 0 Å². The number of amides is 1. The number of ether oxygens (including phenoxy) is 1. The van der Waals surface area contributed by atoms with Crippen LogP contribution in [0.3, 0.4) is 0 Å². The zero-order valence-corrected chi connectivity index (χ0v) is 15.3. The van der Waals surface area contributed by atoms with E-state index in [1.54, 1.807) is 0 Å². The Kier molecular flexibility index (Phi) is 4.72. The molecule has 0 spiro atoms. The third-order valence-corrected chi connectivity index (χ3v) is 5.13. The van der Waals surface area contributed by atoms with Crippen molar-refractivity contribution in [2.24, 2.45) is 0 Å². The summed E-state index contributed by atoms with van der Waals surface area (Å²) >= 11 is 0. The second-order valence-electron chi connectivity index (χ2n) is 7.00. The Morgan fingerprint density at radius 1 is 1.42 bits per heavy atom. The molecule has 0 saturated carbocycles. The van der Waals surface area contributed by atoms with Crippen molar-refractivity contribution in [2.75, 3.05) is 13.2 Å². The number of nitrogens with zero attached hydrogens (tertiary/aromatic N) is 4. The van der Waals surface area contributed by atoms with Gasteiger partial charge >= 0.3 is 0 Å². The molecule has 1 fully saturated rings. The highest BCUT2D eigenvalue weighted by atomic mass is 16.5. The predicted octanol–water partition coefficient (Wildman–Crippen LogP) is 2.46. The Bertz CT molecular complexity index is 811. The van der Waals surface area contributed by atoms with Crippen LogP contribution in [0, 0.1) is 6.92 Å². The topological polar surface area (TPSA) is 81.4 Å². The molecular weight excluding hydrogens is 332 g/mol. The molecule has 2 aliphatic rings. The minimum absolute atomic E-state index is 0.0973. The highest BCUT2D eigenvalue weighted by molar-refractivity contribution is 5.81. The van der Waals surface area contributed by atoms with E-state index in [0.717, 1.165) is 48.9 Å². The molecule has 7 heteroatoms. The smallest absolute Gasteiger partial charge is 0.252 e. The van der Waals surface area contributed by atoms with Crippen LogP contribution >= 0.6 is 0 Å². The maximum Gasteiger partial charge on any atom is 0.252 e. The molecule has 0 bridgehead atoms. The van der Waals surface area contributed by atoms with Crippen LogP contribution in [0.15, 0.2) is 10.7 Å². The number of carbonyl (C=O) groups excluding carboxylic acids is 1. The fourth-order valence-electron chi connectivity index (χ4n) is 3.78. The molecule has 138 valence electrons. The van der Waals surface area contributed by atoms with Crippen molar-refractivity contribution in [1.29, 1.82) is 0 Å². The van der Waals surface area contributed by atoms with Gasteiger partial charge in [-0.05, 0) is 43.7 Å². The molecule has 0 radical (unpaired) electrons. The van der Waals surface area contributed by atoms with Crippen LogP contribution in [-0.2, 0) is 28.9 Å². The molecule has 1 atom stereocenters. The molecule has 2 aliphatic heterocycles. The van der Waals surface area contributed by atoms with Crippen molar-refractivity contribution < 1.29 is 14.1 Å². The van der Waals surface area contributed by atoms with E-state index in [1.165, 1.54) is 5.56 Å². The fourth-order valence-corrected chi connectivity index (χ4v) is 3.78. The SMILES string of the molecule is CCCc1nc(-c2c(C)ncc3c2CCN(C(=O)[C@@H]2CCCO2)C3)no1. The van der Waals surface area contributed by atoms with Crippen molar-refractivity contribution in [3.8, 4) is 11.4 Å². The van der Waals surface area contributed by atoms with Crippen molar-refractivity contribution in [1.82, 2.24) is 20.0 Å². The molecule has 4 heterocycles. The van der Waals surface area contributed by atoms with Gasteiger partial charge in [0.1, 0.15) is 6.10 Å². The summed E-state index contributed by atoms with van der Waals surface area (Å²) < 4.78 is 10.9. The summed E-state index contributed by atoms with van der Waals surface area (Å²) in [4.78, 5) is 23.6. The second-order valence-corrected chi connectivity index (χ2v) is 7.00.